The van der Waals surface area contributed by atoms with Crippen LogP contribution in [0.1, 0.15) is 30.9 Å². The molecule has 0 amide bonds. The molecule has 1 aromatic carbocycles. The van der Waals surface area contributed by atoms with Crippen LogP contribution >= 0.6 is 11.5 Å². The van der Waals surface area contributed by atoms with Crippen molar-refractivity contribution < 1.29 is 4.74 Å². The Morgan fingerprint density at radius 3 is 2.67 bits per heavy atom. The average Bonchev–Trinajstić information content (AvgIpc) is 2.83. The van der Waals surface area contributed by atoms with Gasteiger partial charge in [-0.05, 0) is 41.3 Å². The highest BCUT2D eigenvalue weighted by atomic mass is 32.1. The fourth-order valence-corrected chi connectivity index (χ4v) is 2.14. The van der Waals surface area contributed by atoms with Crippen molar-refractivity contribution in [1.82, 2.24) is 14.8 Å². The number of ether oxygens (including phenoxy) is 1. The van der Waals surface area contributed by atoms with Crippen molar-refractivity contribution in [2.45, 2.75) is 26.7 Å². The van der Waals surface area contributed by atoms with E-state index in [1.807, 2.05) is 13.0 Å². The van der Waals surface area contributed by atoms with Gasteiger partial charge in [-0.2, -0.15) is 0 Å². The van der Waals surface area contributed by atoms with Crippen molar-refractivity contribution in [3.05, 3.63) is 23.3 Å². The molecule has 2 rings (SSSR count). The van der Waals surface area contributed by atoms with Crippen molar-refractivity contribution in [2.24, 2.45) is 0 Å². The number of aromatic nitrogens is 3. The highest BCUT2D eigenvalue weighted by Crippen LogP contribution is 2.33. The number of hydrogen-bond acceptors (Lipinski definition) is 6. The van der Waals surface area contributed by atoms with Crippen molar-refractivity contribution >= 4 is 22.4 Å². The third kappa shape index (κ3) is 2.59. The van der Waals surface area contributed by atoms with Gasteiger partial charge in [0.15, 0.2) is 0 Å². The monoisotopic (exact) mass is 264 g/mol. The number of rotatable bonds is 4. The van der Waals surface area contributed by atoms with Crippen LogP contribution in [0.5, 0.6) is 5.75 Å². The molecule has 0 aliphatic heterocycles. The maximum absolute atomic E-state index is 5.41. The van der Waals surface area contributed by atoms with Crippen LogP contribution in [0.3, 0.4) is 0 Å². The number of nitrogens with one attached hydrogen (secondary N) is 1. The molecule has 0 saturated carbocycles. The first-order chi connectivity index (χ1) is 8.61. The lowest BCUT2D eigenvalue weighted by atomic mass is 9.99. The Bertz CT molecular complexity index is 525. The molecule has 5 nitrogen and oxygen atoms in total. The predicted molar refractivity (Wildman–Crippen MR) is 72.8 cm³/mol. The summed E-state index contributed by atoms with van der Waals surface area (Å²) in [5, 5.41) is 11.4. The minimum absolute atomic E-state index is 0.397. The number of anilines is 2. The Labute approximate surface area is 110 Å². The molecule has 1 N–H and O–H groups in total. The second-order valence-corrected chi connectivity index (χ2v) is 5.09. The maximum Gasteiger partial charge on any atom is 0.229 e. The molecule has 2 aromatic rings. The number of benzene rings is 1. The summed E-state index contributed by atoms with van der Waals surface area (Å²) >= 11 is 1.24. The van der Waals surface area contributed by atoms with Gasteiger partial charge in [-0.25, -0.2) is 0 Å². The van der Waals surface area contributed by atoms with E-state index in [9.17, 15) is 0 Å². The van der Waals surface area contributed by atoms with Crippen LogP contribution in [0.4, 0.5) is 10.8 Å². The predicted octanol–water partition coefficient (Wildman–Crippen LogP) is 3.12. The molecule has 0 spiro atoms. The second-order valence-electron chi connectivity index (χ2n) is 4.36. The molecule has 96 valence electrons. The van der Waals surface area contributed by atoms with Crippen LogP contribution < -0.4 is 10.1 Å². The van der Waals surface area contributed by atoms with Gasteiger partial charge < -0.3 is 10.1 Å². The molecule has 1 aromatic heterocycles. The van der Waals surface area contributed by atoms with Gasteiger partial charge in [0.25, 0.3) is 0 Å². The molecule has 18 heavy (non-hydrogen) atoms. The highest BCUT2D eigenvalue weighted by Gasteiger charge is 2.12. The molecular weight excluding hydrogens is 248 g/mol. The second kappa shape index (κ2) is 5.30. The van der Waals surface area contributed by atoms with Gasteiger partial charge in [-0.15, -0.1) is 0 Å². The van der Waals surface area contributed by atoms with E-state index < -0.39 is 0 Å². The van der Waals surface area contributed by atoms with Gasteiger partial charge in [0.2, 0.25) is 5.13 Å². The normalized spacial score (nSPS) is 10.7. The van der Waals surface area contributed by atoms with E-state index in [0.717, 1.165) is 17.0 Å². The number of nitrogens with zero attached hydrogens (tertiary/aromatic N) is 3. The maximum atomic E-state index is 5.41. The van der Waals surface area contributed by atoms with Crippen LogP contribution in [-0.2, 0) is 0 Å². The zero-order valence-electron chi connectivity index (χ0n) is 10.9. The third-order valence-electron chi connectivity index (χ3n) is 2.74. The van der Waals surface area contributed by atoms with Gasteiger partial charge >= 0.3 is 0 Å². The molecule has 0 aliphatic rings. The van der Waals surface area contributed by atoms with Gasteiger partial charge in [-0.3, -0.25) is 0 Å². The minimum Gasteiger partial charge on any atom is -0.496 e. The first-order valence-electron chi connectivity index (χ1n) is 5.72. The third-order valence-corrected chi connectivity index (χ3v) is 3.25. The van der Waals surface area contributed by atoms with Gasteiger partial charge in [0.1, 0.15) is 5.75 Å². The van der Waals surface area contributed by atoms with Gasteiger partial charge in [0, 0.05) is 17.2 Å². The lowest BCUT2D eigenvalue weighted by molar-refractivity contribution is 0.407. The summed E-state index contributed by atoms with van der Waals surface area (Å²) in [5.74, 6) is 1.32. The van der Waals surface area contributed by atoms with E-state index in [-0.39, 0.29) is 0 Å². The van der Waals surface area contributed by atoms with Crippen LogP contribution in [0.25, 0.3) is 0 Å². The summed E-state index contributed by atoms with van der Waals surface area (Å²) in [6.07, 6.45) is 0. The van der Waals surface area contributed by atoms with E-state index in [0.29, 0.717) is 11.0 Å². The van der Waals surface area contributed by atoms with Gasteiger partial charge in [0.05, 0.1) is 7.11 Å². The Balaban J connectivity index is 2.38. The number of aryl methyl sites for hydroxylation is 1. The molecule has 0 fully saturated rings. The highest BCUT2D eigenvalue weighted by molar-refractivity contribution is 7.09. The van der Waals surface area contributed by atoms with Crippen LogP contribution in [0.2, 0.25) is 0 Å². The molecule has 0 radical (unpaired) electrons. The zero-order chi connectivity index (χ0) is 13.1. The summed E-state index contributed by atoms with van der Waals surface area (Å²) in [5.41, 5.74) is 3.28. The van der Waals surface area contributed by atoms with Crippen molar-refractivity contribution in [3.8, 4) is 5.75 Å². The quantitative estimate of drug-likeness (QED) is 0.919. The Morgan fingerprint density at radius 2 is 2.11 bits per heavy atom. The van der Waals surface area contributed by atoms with Crippen LogP contribution in [-0.4, -0.2) is 21.9 Å². The van der Waals surface area contributed by atoms with E-state index in [1.54, 1.807) is 7.11 Å². The Kier molecular flexibility index (Phi) is 3.76. The molecule has 0 atom stereocenters. The largest absolute Gasteiger partial charge is 0.496 e. The number of hydrogen-bond donors (Lipinski definition) is 1. The molecule has 0 bridgehead atoms. The summed E-state index contributed by atoms with van der Waals surface area (Å²) in [6, 6.07) is 4.13. The minimum atomic E-state index is 0.397. The topological polar surface area (TPSA) is 59.9 Å². The fourth-order valence-electron chi connectivity index (χ4n) is 1.76. The lowest BCUT2D eigenvalue weighted by Gasteiger charge is -2.16. The van der Waals surface area contributed by atoms with E-state index in [4.69, 9.17) is 4.74 Å². The summed E-state index contributed by atoms with van der Waals surface area (Å²) in [4.78, 5) is 0. The van der Waals surface area contributed by atoms with Crippen molar-refractivity contribution in [2.75, 3.05) is 12.4 Å². The van der Waals surface area contributed by atoms with Gasteiger partial charge in [-0.1, -0.05) is 23.4 Å². The summed E-state index contributed by atoms with van der Waals surface area (Å²) in [7, 11) is 1.70. The molecule has 1 heterocycles. The standard InChI is InChI=1S/C12H16N4OS/c1-7(2)9-6-10(8(3)5-11(9)17-4)13-12-14-15-16-18-12/h5-7H,1-4H3,(H,13,14,16). The molecular formula is C12H16N4OS. The summed E-state index contributed by atoms with van der Waals surface area (Å²) < 4.78 is 9.14. The zero-order valence-corrected chi connectivity index (χ0v) is 11.7. The smallest absolute Gasteiger partial charge is 0.229 e. The average molecular weight is 264 g/mol. The SMILES string of the molecule is COc1cc(C)c(Nc2nnns2)cc1C(C)C. The molecule has 0 aliphatic carbocycles. The Hall–Kier alpha value is -1.69. The molecule has 6 heteroatoms. The Morgan fingerprint density at radius 1 is 1.33 bits per heavy atom. The van der Waals surface area contributed by atoms with Crippen LogP contribution in [0.15, 0.2) is 12.1 Å². The van der Waals surface area contributed by atoms with E-state index in [1.165, 1.54) is 17.1 Å². The van der Waals surface area contributed by atoms with Crippen molar-refractivity contribution in [1.29, 1.82) is 0 Å². The lowest BCUT2D eigenvalue weighted by Crippen LogP contribution is -1.99. The van der Waals surface area contributed by atoms with E-state index >= 15 is 0 Å². The summed E-state index contributed by atoms with van der Waals surface area (Å²) in [6.45, 7) is 6.32. The first-order valence-corrected chi connectivity index (χ1v) is 6.49. The fraction of sp³-hybridized carbons (Fsp3) is 0.417. The molecule has 0 unspecified atom stereocenters. The first kappa shape index (κ1) is 12.8. The van der Waals surface area contributed by atoms with Crippen LogP contribution in [0, 0.1) is 6.92 Å². The van der Waals surface area contributed by atoms with E-state index in [2.05, 4.69) is 40.0 Å². The van der Waals surface area contributed by atoms with Crippen molar-refractivity contribution in [3.63, 3.8) is 0 Å². The molecule has 0 saturated heterocycles. The number of methoxy groups -OCH3 is 1.